The molecule has 1 heterocycles. The highest BCUT2D eigenvalue weighted by Crippen LogP contribution is 2.25. The zero-order valence-electron chi connectivity index (χ0n) is 16.3. The monoisotopic (exact) mass is 383 g/mol. The van der Waals surface area contributed by atoms with Gasteiger partial charge in [-0.15, -0.1) is 10.2 Å². The van der Waals surface area contributed by atoms with Crippen LogP contribution in [0.15, 0.2) is 77.2 Å². The molecule has 0 spiro atoms. The lowest BCUT2D eigenvalue weighted by Crippen LogP contribution is -2.14. The van der Waals surface area contributed by atoms with Gasteiger partial charge in [-0.25, -0.2) is 0 Å². The molecule has 0 unspecified atom stereocenters. The number of anilines is 1. The smallest absolute Gasteiger partial charge is 0.255 e. The second-order valence-electron chi connectivity index (χ2n) is 6.77. The molecule has 3 aromatic carbocycles. The number of hydrogen-bond donors (Lipinski definition) is 1. The quantitative estimate of drug-likeness (QED) is 0.492. The van der Waals surface area contributed by atoms with Crippen LogP contribution in [0.25, 0.3) is 22.9 Å². The molecule has 1 aromatic heterocycles. The summed E-state index contributed by atoms with van der Waals surface area (Å²) in [5.74, 6) is 0.744. The lowest BCUT2D eigenvalue weighted by molar-refractivity contribution is 0.102. The minimum Gasteiger partial charge on any atom is -0.416 e. The first-order valence-electron chi connectivity index (χ1n) is 9.55. The molecule has 0 saturated heterocycles. The van der Waals surface area contributed by atoms with Crippen molar-refractivity contribution in [3.8, 4) is 22.9 Å². The fraction of sp³-hybridized carbons (Fsp3) is 0.125. The minimum atomic E-state index is -0.143. The van der Waals surface area contributed by atoms with Gasteiger partial charge in [0.1, 0.15) is 0 Å². The SMILES string of the molecule is CCc1cccc(C)c1NC(=O)c1ccc(-c2nnc(-c3ccccc3)o2)cc1. The summed E-state index contributed by atoms with van der Waals surface area (Å²) in [5.41, 5.74) is 5.26. The molecule has 1 N–H and O–H groups in total. The summed E-state index contributed by atoms with van der Waals surface area (Å²) < 4.78 is 5.77. The Labute approximate surface area is 169 Å². The highest BCUT2D eigenvalue weighted by Gasteiger charge is 2.13. The molecule has 5 nitrogen and oxygen atoms in total. The first-order chi connectivity index (χ1) is 14.2. The molecular formula is C24H21N3O2. The van der Waals surface area contributed by atoms with Crippen LogP contribution in [-0.4, -0.2) is 16.1 Å². The van der Waals surface area contributed by atoms with Crippen molar-refractivity contribution in [2.45, 2.75) is 20.3 Å². The summed E-state index contributed by atoms with van der Waals surface area (Å²) in [6.45, 7) is 4.07. The van der Waals surface area contributed by atoms with Gasteiger partial charge in [-0.2, -0.15) is 0 Å². The summed E-state index contributed by atoms with van der Waals surface area (Å²) in [4.78, 5) is 12.7. The molecule has 0 fully saturated rings. The van der Waals surface area contributed by atoms with E-state index >= 15 is 0 Å². The zero-order valence-corrected chi connectivity index (χ0v) is 16.3. The Hall–Kier alpha value is -3.73. The molecule has 0 saturated carbocycles. The third-order valence-electron chi connectivity index (χ3n) is 4.82. The van der Waals surface area contributed by atoms with Crippen molar-refractivity contribution >= 4 is 11.6 Å². The number of aryl methyl sites for hydroxylation is 2. The van der Waals surface area contributed by atoms with Gasteiger partial charge < -0.3 is 9.73 Å². The van der Waals surface area contributed by atoms with E-state index in [0.29, 0.717) is 17.3 Å². The molecule has 1 amide bonds. The number of amides is 1. The topological polar surface area (TPSA) is 68.0 Å². The van der Waals surface area contributed by atoms with Gasteiger partial charge >= 0.3 is 0 Å². The van der Waals surface area contributed by atoms with E-state index in [1.807, 2.05) is 67.6 Å². The first kappa shape index (κ1) is 18.6. The van der Waals surface area contributed by atoms with E-state index in [4.69, 9.17) is 4.42 Å². The van der Waals surface area contributed by atoms with Crippen LogP contribution in [0.1, 0.15) is 28.4 Å². The summed E-state index contributed by atoms with van der Waals surface area (Å²) in [5, 5.41) is 11.3. The van der Waals surface area contributed by atoms with E-state index in [2.05, 4.69) is 22.4 Å². The number of benzene rings is 3. The maximum Gasteiger partial charge on any atom is 0.255 e. The standard InChI is InChI=1S/C24H21N3O2/c1-3-17-11-7-8-16(2)21(17)25-22(28)18-12-14-20(15-13-18)24-27-26-23(29-24)19-9-5-4-6-10-19/h4-15H,3H2,1-2H3,(H,25,28). The summed E-state index contributed by atoms with van der Waals surface area (Å²) in [6.07, 6.45) is 0.858. The Balaban J connectivity index is 1.53. The van der Waals surface area contributed by atoms with Crippen LogP contribution < -0.4 is 5.32 Å². The maximum atomic E-state index is 12.7. The van der Waals surface area contributed by atoms with Crippen molar-refractivity contribution < 1.29 is 9.21 Å². The molecule has 4 rings (SSSR count). The van der Waals surface area contributed by atoms with E-state index in [1.165, 1.54) is 0 Å². The van der Waals surface area contributed by atoms with Crippen molar-refractivity contribution in [2.24, 2.45) is 0 Å². The van der Waals surface area contributed by atoms with Gasteiger partial charge in [-0.05, 0) is 60.9 Å². The van der Waals surface area contributed by atoms with Crippen LogP contribution in [0.2, 0.25) is 0 Å². The number of aromatic nitrogens is 2. The van der Waals surface area contributed by atoms with Crippen LogP contribution in [0.3, 0.4) is 0 Å². The van der Waals surface area contributed by atoms with E-state index in [9.17, 15) is 4.79 Å². The highest BCUT2D eigenvalue weighted by atomic mass is 16.4. The predicted octanol–water partition coefficient (Wildman–Crippen LogP) is 5.53. The van der Waals surface area contributed by atoms with Gasteiger partial charge in [-0.1, -0.05) is 43.3 Å². The van der Waals surface area contributed by atoms with Crippen molar-refractivity contribution in [1.82, 2.24) is 10.2 Å². The summed E-state index contributed by atoms with van der Waals surface area (Å²) >= 11 is 0. The summed E-state index contributed by atoms with van der Waals surface area (Å²) in [6, 6.07) is 22.8. The largest absolute Gasteiger partial charge is 0.416 e. The molecule has 0 bridgehead atoms. The second kappa shape index (κ2) is 8.10. The van der Waals surface area contributed by atoms with E-state index < -0.39 is 0 Å². The third kappa shape index (κ3) is 3.94. The number of carbonyl (C=O) groups is 1. The van der Waals surface area contributed by atoms with Crippen LogP contribution in [0, 0.1) is 6.92 Å². The second-order valence-corrected chi connectivity index (χ2v) is 6.77. The minimum absolute atomic E-state index is 0.143. The van der Waals surface area contributed by atoms with Crippen molar-refractivity contribution in [3.05, 3.63) is 89.5 Å². The average molecular weight is 383 g/mol. The number of para-hydroxylation sites is 1. The molecule has 0 aliphatic carbocycles. The fourth-order valence-electron chi connectivity index (χ4n) is 3.19. The van der Waals surface area contributed by atoms with Gasteiger partial charge in [0.25, 0.3) is 5.91 Å². The average Bonchev–Trinajstić information content (AvgIpc) is 3.26. The van der Waals surface area contributed by atoms with Crippen LogP contribution in [0.4, 0.5) is 5.69 Å². The highest BCUT2D eigenvalue weighted by molar-refractivity contribution is 6.05. The first-order valence-corrected chi connectivity index (χ1v) is 9.55. The van der Waals surface area contributed by atoms with Crippen LogP contribution >= 0.6 is 0 Å². The van der Waals surface area contributed by atoms with Gasteiger partial charge in [0.2, 0.25) is 11.8 Å². The molecule has 5 heteroatoms. The van der Waals surface area contributed by atoms with Gasteiger partial charge in [0.05, 0.1) is 0 Å². The zero-order chi connectivity index (χ0) is 20.2. The Bertz CT molecular complexity index is 1130. The van der Waals surface area contributed by atoms with Crippen LogP contribution in [0.5, 0.6) is 0 Å². The molecule has 0 radical (unpaired) electrons. The van der Waals surface area contributed by atoms with Crippen molar-refractivity contribution in [2.75, 3.05) is 5.32 Å². The third-order valence-corrected chi connectivity index (χ3v) is 4.82. The Morgan fingerprint density at radius 2 is 1.52 bits per heavy atom. The van der Waals surface area contributed by atoms with Gasteiger partial charge in [0, 0.05) is 22.4 Å². The molecule has 0 aliphatic rings. The number of carbonyl (C=O) groups excluding carboxylic acids is 1. The van der Waals surface area contributed by atoms with Gasteiger partial charge in [0.15, 0.2) is 0 Å². The lowest BCUT2D eigenvalue weighted by atomic mass is 10.0. The molecular weight excluding hydrogens is 362 g/mol. The number of nitrogens with one attached hydrogen (secondary N) is 1. The van der Waals surface area contributed by atoms with Crippen molar-refractivity contribution in [1.29, 1.82) is 0 Å². The summed E-state index contributed by atoms with van der Waals surface area (Å²) in [7, 11) is 0. The van der Waals surface area contributed by atoms with E-state index in [1.54, 1.807) is 12.1 Å². The fourth-order valence-corrected chi connectivity index (χ4v) is 3.19. The molecule has 29 heavy (non-hydrogen) atoms. The van der Waals surface area contributed by atoms with E-state index in [0.717, 1.165) is 34.4 Å². The normalized spacial score (nSPS) is 10.7. The Kier molecular flexibility index (Phi) is 5.20. The predicted molar refractivity (Wildman–Crippen MR) is 114 cm³/mol. The lowest BCUT2D eigenvalue weighted by Gasteiger charge is -2.13. The number of hydrogen-bond acceptors (Lipinski definition) is 4. The number of rotatable bonds is 5. The molecule has 4 aromatic rings. The van der Waals surface area contributed by atoms with E-state index in [-0.39, 0.29) is 5.91 Å². The molecule has 144 valence electrons. The van der Waals surface area contributed by atoms with Crippen LogP contribution in [-0.2, 0) is 6.42 Å². The molecule has 0 atom stereocenters. The molecule has 0 aliphatic heterocycles. The van der Waals surface area contributed by atoms with Crippen molar-refractivity contribution in [3.63, 3.8) is 0 Å². The number of nitrogens with zero attached hydrogens (tertiary/aromatic N) is 2. The van der Waals surface area contributed by atoms with Gasteiger partial charge in [-0.3, -0.25) is 4.79 Å². The Morgan fingerprint density at radius 1 is 0.862 bits per heavy atom. The maximum absolute atomic E-state index is 12.7. The Morgan fingerprint density at radius 3 is 2.17 bits per heavy atom.